The van der Waals surface area contributed by atoms with Crippen molar-refractivity contribution in [1.29, 1.82) is 0 Å². The number of nitrogens with one attached hydrogen (secondary N) is 1. The molecule has 5 nitrogen and oxygen atoms in total. The van der Waals surface area contributed by atoms with Gasteiger partial charge in [-0.05, 0) is 18.1 Å². The van der Waals surface area contributed by atoms with Crippen LogP contribution in [0.15, 0.2) is 60.7 Å². The zero-order valence-corrected chi connectivity index (χ0v) is 16.3. The van der Waals surface area contributed by atoms with Crippen LogP contribution in [0.5, 0.6) is 0 Å². The number of carbonyl (C=O) groups is 2. The Kier molecular flexibility index (Phi) is 6.98. The van der Waals surface area contributed by atoms with Gasteiger partial charge in [0.15, 0.2) is 0 Å². The van der Waals surface area contributed by atoms with E-state index in [0.717, 1.165) is 25.2 Å². The standard InChI is InChI=1S/C23H27N3O2/c1-19-9-11-21(12-10-19)18-24-22(27)23(28)26-16-14-25(15-17-26)13-5-8-20-6-3-2-4-7-20/h2-12H,13-18H2,1H3,(H,24,27)/b8-5+. The van der Waals surface area contributed by atoms with Crippen LogP contribution in [-0.4, -0.2) is 54.3 Å². The summed E-state index contributed by atoms with van der Waals surface area (Å²) in [5.74, 6) is -0.968. The molecule has 0 spiro atoms. The van der Waals surface area contributed by atoms with Gasteiger partial charge in [-0.2, -0.15) is 0 Å². The molecule has 146 valence electrons. The molecule has 1 saturated heterocycles. The summed E-state index contributed by atoms with van der Waals surface area (Å²) < 4.78 is 0. The summed E-state index contributed by atoms with van der Waals surface area (Å²) in [7, 11) is 0. The summed E-state index contributed by atoms with van der Waals surface area (Å²) in [6, 6.07) is 18.1. The second-order valence-electron chi connectivity index (χ2n) is 7.07. The van der Waals surface area contributed by atoms with E-state index >= 15 is 0 Å². The van der Waals surface area contributed by atoms with Gasteiger partial charge < -0.3 is 10.2 Å². The predicted octanol–water partition coefficient (Wildman–Crippen LogP) is 2.47. The van der Waals surface area contributed by atoms with Gasteiger partial charge in [0, 0.05) is 39.3 Å². The van der Waals surface area contributed by atoms with Crippen molar-refractivity contribution in [2.24, 2.45) is 0 Å². The Labute approximate surface area is 166 Å². The number of amides is 2. The zero-order chi connectivity index (χ0) is 19.8. The summed E-state index contributed by atoms with van der Waals surface area (Å²) in [5, 5.41) is 2.72. The van der Waals surface area contributed by atoms with Gasteiger partial charge in [-0.3, -0.25) is 14.5 Å². The lowest BCUT2D eigenvalue weighted by molar-refractivity contribution is -0.147. The topological polar surface area (TPSA) is 52.7 Å². The maximum Gasteiger partial charge on any atom is 0.311 e. The molecule has 0 radical (unpaired) electrons. The second kappa shape index (κ2) is 9.85. The van der Waals surface area contributed by atoms with Crippen molar-refractivity contribution < 1.29 is 9.59 Å². The van der Waals surface area contributed by atoms with Gasteiger partial charge >= 0.3 is 11.8 Å². The van der Waals surface area contributed by atoms with E-state index in [9.17, 15) is 9.59 Å². The Hall–Kier alpha value is -2.92. The number of aryl methyl sites for hydroxylation is 1. The molecule has 0 unspecified atom stereocenters. The lowest BCUT2D eigenvalue weighted by atomic mass is 10.1. The third-order valence-corrected chi connectivity index (χ3v) is 4.90. The van der Waals surface area contributed by atoms with Crippen LogP contribution >= 0.6 is 0 Å². The fourth-order valence-electron chi connectivity index (χ4n) is 3.14. The molecule has 5 heteroatoms. The van der Waals surface area contributed by atoms with E-state index in [0.29, 0.717) is 19.6 Å². The average molecular weight is 377 g/mol. The van der Waals surface area contributed by atoms with E-state index in [1.807, 2.05) is 49.4 Å². The minimum atomic E-state index is -0.530. The first-order valence-corrected chi connectivity index (χ1v) is 9.68. The largest absolute Gasteiger partial charge is 0.344 e. The SMILES string of the molecule is Cc1ccc(CNC(=O)C(=O)N2CCN(C/C=C/c3ccccc3)CC2)cc1. The van der Waals surface area contributed by atoms with Crippen LogP contribution in [0.1, 0.15) is 16.7 Å². The van der Waals surface area contributed by atoms with Gasteiger partial charge in [0.2, 0.25) is 0 Å². The van der Waals surface area contributed by atoms with Crippen molar-refractivity contribution in [3.63, 3.8) is 0 Å². The quantitative estimate of drug-likeness (QED) is 0.815. The highest BCUT2D eigenvalue weighted by atomic mass is 16.2. The molecule has 1 N–H and O–H groups in total. The van der Waals surface area contributed by atoms with E-state index in [2.05, 4.69) is 34.5 Å². The number of carbonyl (C=O) groups excluding carboxylic acids is 2. The molecule has 2 aromatic rings. The third-order valence-electron chi connectivity index (χ3n) is 4.90. The highest BCUT2D eigenvalue weighted by molar-refractivity contribution is 6.35. The molecule has 0 atom stereocenters. The number of hydrogen-bond donors (Lipinski definition) is 1. The third kappa shape index (κ3) is 5.79. The zero-order valence-electron chi connectivity index (χ0n) is 16.3. The van der Waals surface area contributed by atoms with Crippen molar-refractivity contribution in [3.05, 3.63) is 77.4 Å². The van der Waals surface area contributed by atoms with Crippen LogP contribution in [0, 0.1) is 6.92 Å². The Morgan fingerprint density at radius 2 is 1.64 bits per heavy atom. The molecule has 0 saturated carbocycles. The predicted molar refractivity (Wildman–Crippen MR) is 112 cm³/mol. The van der Waals surface area contributed by atoms with Gasteiger partial charge in [-0.25, -0.2) is 0 Å². The Morgan fingerprint density at radius 3 is 2.32 bits per heavy atom. The van der Waals surface area contributed by atoms with E-state index in [1.54, 1.807) is 4.90 Å². The average Bonchev–Trinajstić information content (AvgIpc) is 2.74. The lowest BCUT2D eigenvalue weighted by Gasteiger charge is -2.33. The van der Waals surface area contributed by atoms with E-state index in [-0.39, 0.29) is 0 Å². The van der Waals surface area contributed by atoms with Gasteiger partial charge in [0.05, 0.1) is 0 Å². The molecule has 0 aromatic heterocycles. The molecule has 0 aliphatic carbocycles. The first-order chi connectivity index (χ1) is 13.6. The fraction of sp³-hybridized carbons (Fsp3) is 0.304. The van der Waals surface area contributed by atoms with Crippen LogP contribution < -0.4 is 5.32 Å². The highest BCUT2D eigenvalue weighted by Gasteiger charge is 2.25. The summed E-state index contributed by atoms with van der Waals surface area (Å²) in [6.07, 6.45) is 4.25. The molecule has 2 amide bonds. The lowest BCUT2D eigenvalue weighted by Crippen LogP contribution is -2.52. The molecule has 1 aliphatic heterocycles. The molecule has 1 heterocycles. The fourth-order valence-corrected chi connectivity index (χ4v) is 3.14. The van der Waals surface area contributed by atoms with Crippen LogP contribution in [0.3, 0.4) is 0 Å². The van der Waals surface area contributed by atoms with Crippen molar-refractivity contribution in [1.82, 2.24) is 15.1 Å². The Morgan fingerprint density at radius 1 is 0.964 bits per heavy atom. The summed E-state index contributed by atoms with van der Waals surface area (Å²) in [6.45, 7) is 5.94. The van der Waals surface area contributed by atoms with E-state index in [4.69, 9.17) is 0 Å². The number of benzene rings is 2. The minimum absolute atomic E-state index is 0.370. The van der Waals surface area contributed by atoms with Gasteiger partial charge in [-0.15, -0.1) is 0 Å². The molecule has 1 fully saturated rings. The maximum atomic E-state index is 12.4. The van der Waals surface area contributed by atoms with Crippen molar-refractivity contribution in [2.45, 2.75) is 13.5 Å². The number of hydrogen-bond acceptors (Lipinski definition) is 3. The van der Waals surface area contributed by atoms with Crippen molar-refractivity contribution >= 4 is 17.9 Å². The number of piperazine rings is 1. The van der Waals surface area contributed by atoms with E-state index < -0.39 is 11.8 Å². The summed E-state index contributed by atoms with van der Waals surface area (Å²) in [4.78, 5) is 28.5. The van der Waals surface area contributed by atoms with Crippen LogP contribution in [0.2, 0.25) is 0 Å². The maximum absolute atomic E-state index is 12.4. The van der Waals surface area contributed by atoms with Crippen molar-refractivity contribution in [2.75, 3.05) is 32.7 Å². The normalized spacial score (nSPS) is 15.0. The Bertz CT molecular complexity index is 808. The van der Waals surface area contributed by atoms with Gasteiger partial charge in [0.1, 0.15) is 0 Å². The first-order valence-electron chi connectivity index (χ1n) is 9.68. The van der Waals surface area contributed by atoms with E-state index in [1.165, 1.54) is 11.1 Å². The molecule has 0 bridgehead atoms. The van der Waals surface area contributed by atoms with Gasteiger partial charge in [-0.1, -0.05) is 72.3 Å². The minimum Gasteiger partial charge on any atom is -0.344 e. The van der Waals surface area contributed by atoms with Crippen LogP contribution in [-0.2, 0) is 16.1 Å². The molecule has 28 heavy (non-hydrogen) atoms. The number of rotatable bonds is 5. The summed E-state index contributed by atoms with van der Waals surface area (Å²) in [5.41, 5.74) is 3.34. The molecule has 1 aliphatic rings. The van der Waals surface area contributed by atoms with Crippen LogP contribution in [0.25, 0.3) is 6.08 Å². The second-order valence-corrected chi connectivity index (χ2v) is 7.07. The smallest absolute Gasteiger partial charge is 0.311 e. The molecular formula is C23H27N3O2. The first kappa shape index (κ1) is 19.8. The molecule has 3 rings (SSSR count). The van der Waals surface area contributed by atoms with Crippen LogP contribution in [0.4, 0.5) is 0 Å². The van der Waals surface area contributed by atoms with Gasteiger partial charge in [0.25, 0.3) is 0 Å². The van der Waals surface area contributed by atoms with Crippen molar-refractivity contribution in [3.8, 4) is 0 Å². The number of nitrogens with zero attached hydrogens (tertiary/aromatic N) is 2. The Balaban J connectivity index is 1.39. The molecular weight excluding hydrogens is 350 g/mol. The highest BCUT2D eigenvalue weighted by Crippen LogP contribution is 2.06. The summed E-state index contributed by atoms with van der Waals surface area (Å²) >= 11 is 0. The monoisotopic (exact) mass is 377 g/mol. The molecule has 2 aromatic carbocycles.